The van der Waals surface area contributed by atoms with Crippen molar-refractivity contribution in [1.82, 2.24) is 0 Å². The zero-order chi connectivity index (χ0) is 10.6. The quantitative estimate of drug-likeness (QED) is 0.730. The fourth-order valence-electron chi connectivity index (χ4n) is 1.44. The molecular weight excluding hydrogens is 174 g/mol. The third kappa shape index (κ3) is 2.20. The van der Waals surface area contributed by atoms with Gasteiger partial charge in [0.2, 0.25) is 0 Å². The molecule has 1 N–H and O–H groups in total. The Hall–Kier alpha value is -1.15. The van der Waals surface area contributed by atoms with Crippen LogP contribution in [0.5, 0.6) is 0 Å². The first-order valence-corrected chi connectivity index (χ1v) is 4.87. The summed E-state index contributed by atoms with van der Waals surface area (Å²) in [4.78, 5) is 4.17. The molecule has 1 rings (SSSR count). The topological polar surface area (TPSA) is 32.6 Å². The van der Waals surface area contributed by atoms with E-state index in [1.807, 2.05) is 37.3 Å². The maximum Gasteiger partial charge on any atom is 0.104 e. The Balaban J connectivity index is 3.07. The Morgan fingerprint density at radius 1 is 1.36 bits per heavy atom. The summed E-state index contributed by atoms with van der Waals surface area (Å²) in [6.07, 6.45) is 0.661. The van der Waals surface area contributed by atoms with Crippen LogP contribution in [0, 0.1) is 0 Å². The van der Waals surface area contributed by atoms with Gasteiger partial charge in [-0.3, -0.25) is 4.99 Å². The van der Waals surface area contributed by atoms with Gasteiger partial charge >= 0.3 is 0 Å². The molecule has 14 heavy (non-hydrogen) atoms. The highest BCUT2D eigenvalue weighted by atomic mass is 16.3. The molecule has 0 aliphatic rings. The van der Waals surface area contributed by atoms with Gasteiger partial charge in [0.1, 0.15) is 5.60 Å². The summed E-state index contributed by atoms with van der Waals surface area (Å²) in [7, 11) is 1.71. The van der Waals surface area contributed by atoms with Crippen LogP contribution in [0.4, 0.5) is 0 Å². The molecule has 0 saturated heterocycles. The first-order chi connectivity index (χ1) is 6.61. The van der Waals surface area contributed by atoms with Crippen LogP contribution in [0.15, 0.2) is 35.3 Å². The van der Waals surface area contributed by atoms with Crippen LogP contribution >= 0.6 is 0 Å². The van der Waals surface area contributed by atoms with E-state index in [1.54, 1.807) is 14.0 Å². The van der Waals surface area contributed by atoms with Gasteiger partial charge in [0.25, 0.3) is 0 Å². The van der Waals surface area contributed by atoms with Crippen molar-refractivity contribution in [3.05, 3.63) is 35.9 Å². The number of nitrogens with zero attached hydrogens (tertiary/aromatic N) is 1. The highest BCUT2D eigenvalue weighted by molar-refractivity contribution is 6.06. The molecule has 0 spiro atoms. The van der Waals surface area contributed by atoms with Gasteiger partial charge in [-0.25, -0.2) is 0 Å². The second-order valence-electron chi connectivity index (χ2n) is 3.57. The molecule has 1 aromatic rings. The smallest absolute Gasteiger partial charge is 0.104 e. The van der Waals surface area contributed by atoms with E-state index < -0.39 is 5.60 Å². The lowest BCUT2D eigenvalue weighted by atomic mass is 9.91. The largest absolute Gasteiger partial charge is 0.384 e. The van der Waals surface area contributed by atoms with Crippen LogP contribution in [-0.2, 0) is 0 Å². The average Bonchev–Trinajstić information content (AvgIpc) is 2.20. The van der Waals surface area contributed by atoms with Crippen molar-refractivity contribution in [1.29, 1.82) is 0 Å². The predicted molar refractivity (Wildman–Crippen MR) is 59.8 cm³/mol. The summed E-state index contributed by atoms with van der Waals surface area (Å²) in [5, 5.41) is 10.1. The molecule has 76 valence electrons. The van der Waals surface area contributed by atoms with Crippen LogP contribution in [-0.4, -0.2) is 23.5 Å². The standard InChI is InChI=1S/C12H17NO/c1-4-12(2,14)11(13-3)10-8-6-5-7-9-10/h5-9,14H,4H2,1-3H3. The van der Waals surface area contributed by atoms with Gasteiger partial charge in [-0.1, -0.05) is 37.3 Å². The monoisotopic (exact) mass is 191 g/mol. The summed E-state index contributed by atoms with van der Waals surface area (Å²) in [6.45, 7) is 3.75. The molecule has 0 fully saturated rings. The number of rotatable bonds is 3. The second kappa shape index (κ2) is 4.38. The zero-order valence-corrected chi connectivity index (χ0v) is 8.99. The minimum absolute atomic E-state index is 0.661. The highest BCUT2D eigenvalue weighted by Crippen LogP contribution is 2.17. The lowest BCUT2D eigenvalue weighted by molar-refractivity contribution is 0.129. The van der Waals surface area contributed by atoms with E-state index >= 15 is 0 Å². The van der Waals surface area contributed by atoms with Crippen LogP contribution in [0.1, 0.15) is 25.8 Å². The molecule has 0 aliphatic heterocycles. The van der Waals surface area contributed by atoms with E-state index in [9.17, 15) is 5.11 Å². The maximum atomic E-state index is 10.1. The van der Waals surface area contributed by atoms with Crippen molar-refractivity contribution in [2.75, 3.05) is 7.05 Å². The Morgan fingerprint density at radius 3 is 2.36 bits per heavy atom. The Bertz CT molecular complexity index is 314. The summed E-state index contributed by atoms with van der Waals surface area (Å²) in [5.74, 6) is 0. The molecule has 2 nitrogen and oxygen atoms in total. The maximum absolute atomic E-state index is 10.1. The fourth-order valence-corrected chi connectivity index (χ4v) is 1.44. The number of hydrogen-bond donors (Lipinski definition) is 1. The first kappa shape index (κ1) is 10.9. The molecule has 0 heterocycles. The number of aliphatic imine (C=N–C) groups is 1. The SMILES string of the molecule is CCC(C)(O)C(=NC)c1ccccc1. The van der Waals surface area contributed by atoms with E-state index in [-0.39, 0.29) is 0 Å². The van der Waals surface area contributed by atoms with Gasteiger partial charge in [0.15, 0.2) is 0 Å². The third-order valence-electron chi connectivity index (χ3n) is 2.47. The fraction of sp³-hybridized carbons (Fsp3) is 0.417. The minimum Gasteiger partial charge on any atom is -0.384 e. The van der Waals surface area contributed by atoms with Gasteiger partial charge in [-0.2, -0.15) is 0 Å². The van der Waals surface area contributed by atoms with Crippen LogP contribution in [0.3, 0.4) is 0 Å². The van der Waals surface area contributed by atoms with E-state index in [4.69, 9.17) is 0 Å². The first-order valence-electron chi connectivity index (χ1n) is 4.87. The number of benzene rings is 1. The molecule has 0 saturated carbocycles. The van der Waals surface area contributed by atoms with Gasteiger partial charge in [0.05, 0.1) is 5.71 Å². The van der Waals surface area contributed by atoms with Gasteiger partial charge in [0, 0.05) is 7.05 Å². The van der Waals surface area contributed by atoms with E-state index in [2.05, 4.69) is 4.99 Å². The van der Waals surface area contributed by atoms with E-state index in [1.165, 1.54) is 0 Å². The summed E-state index contributed by atoms with van der Waals surface area (Å²) < 4.78 is 0. The molecular formula is C12H17NO. The van der Waals surface area contributed by atoms with Gasteiger partial charge in [-0.05, 0) is 18.9 Å². The zero-order valence-electron chi connectivity index (χ0n) is 8.99. The third-order valence-corrected chi connectivity index (χ3v) is 2.47. The molecule has 1 atom stereocenters. The molecule has 1 aromatic carbocycles. The number of aliphatic hydroxyl groups is 1. The molecule has 2 heteroatoms. The van der Waals surface area contributed by atoms with Crippen LogP contribution in [0.2, 0.25) is 0 Å². The molecule has 0 bridgehead atoms. The Kier molecular flexibility index (Phi) is 3.42. The normalized spacial score (nSPS) is 16.4. The molecule has 0 radical (unpaired) electrons. The lowest BCUT2D eigenvalue weighted by Crippen LogP contribution is -2.35. The highest BCUT2D eigenvalue weighted by Gasteiger charge is 2.25. The van der Waals surface area contributed by atoms with Crippen molar-refractivity contribution in [2.45, 2.75) is 25.9 Å². The van der Waals surface area contributed by atoms with Crippen molar-refractivity contribution in [2.24, 2.45) is 4.99 Å². The molecule has 0 aromatic heterocycles. The van der Waals surface area contributed by atoms with E-state index in [0.29, 0.717) is 6.42 Å². The Labute approximate surface area is 85.3 Å². The number of hydrogen-bond acceptors (Lipinski definition) is 2. The lowest BCUT2D eigenvalue weighted by Gasteiger charge is -2.23. The molecule has 1 unspecified atom stereocenters. The van der Waals surface area contributed by atoms with Crippen molar-refractivity contribution in [3.63, 3.8) is 0 Å². The summed E-state index contributed by atoms with van der Waals surface area (Å²) >= 11 is 0. The summed E-state index contributed by atoms with van der Waals surface area (Å²) in [5.41, 5.74) is 0.901. The predicted octanol–water partition coefficient (Wildman–Crippen LogP) is 2.27. The Morgan fingerprint density at radius 2 is 1.93 bits per heavy atom. The van der Waals surface area contributed by atoms with Gasteiger partial charge < -0.3 is 5.11 Å². The average molecular weight is 191 g/mol. The van der Waals surface area contributed by atoms with Crippen molar-refractivity contribution < 1.29 is 5.11 Å². The second-order valence-corrected chi connectivity index (χ2v) is 3.57. The molecule has 0 aliphatic carbocycles. The van der Waals surface area contributed by atoms with Crippen LogP contribution in [0.25, 0.3) is 0 Å². The summed E-state index contributed by atoms with van der Waals surface area (Å²) in [6, 6.07) is 9.79. The van der Waals surface area contributed by atoms with E-state index in [0.717, 1.165) is 11.3 Å². The van der Waals surface area contributed by atoms with Crippen LogP contribution < -0.4 is 0 Å². The molecule has 0 amide bonds. The minimum atomic E-state index is -0.837. The van der Waals surface area contributed by atoms with Crippen molar-refractivity contribution >= 4 is 5.71 Å². The van der Waals surface area contributed by atoms with Gasteiger partial charge in [-0.15, -0.1) is 0 Å². The van der Waals surface area contributed by atoms with Crippen molar-refractivity contribution in [3.8, 4) is 0 Å².